The molecule has 0 unspecified atom stereocenters. The molecule has 0 N–H and O–H groups in total. The van der Waals surface area contributed by atoms with E-state index in [4.69, 9.17) is 28.1 Å². The average Bonchev–Trinajstić information content (AvgIpc) is 2.83. The van der Waals surface area contributed by atoms with Crippen molar-refractivity contribution in [2.45, 2.75) is 6.92 Å². The second-order valence-corrected chi connectivity index (χ2v) is 6.93. The van der Waals surface area contributed by atoms with Gasteiger partial charge in [-0.05, 0) is 37.3 Å². The van der Waals surface area contributed by atoms with Gasteiger partial charge in [0.15, 0.2) is 11.5 Å². The number of esters is 1. The van der Waals surface area contributed by atoms with Crippen molar-refractivity contribution in [3.63, 3.8) is 0 Å². The van der Waals surface area contributed by atoms with Gasteiger partial charge in [-0.1, -0.05) is 12.1 Å². The number of hydrogen-bond donors (Lipinski definition) is 0. The first-order valence-corrected chi connectivity index (χ1v) is 10.2. The molecule has 0 amide bonds. The summed E-state index contributed by atoms with van der Waals surface area (Å²) in [6.07, 6.45) is 0. The zero-order chi connectivity index (χ0) is 23.5. The maximum atomic E-state index is 12.8. The van der Waals surface area contributed by atoms with E-state index in [2.05, 4.69) is 0 Å². The van der Waals surface area contributed by atoms with Crippen molar-refractivity contribution in [2.75, 3.05) is 27.9 Å². The SMILES string of the molecule is CCOc1ccccc1C(=O)Oc1ccc2c(c1)oc(=O)c1cc(OC)c(OC)c(OC)c12. The molecule has 170 valence electrons. The molecule has 33 heavy (non-hydrogen) atoms. The molecule has 0 bridgehead atoms. The van der Waals surface area contributed by atoms with Crippen LogP contribution in [-0.4, -0.2) is 33.9 Å². The Kier molecular flexibility index (Phi) is 6.08. The molecule has 0 spiro atoms. The Bertz CT molecular complexity index is 1400. The molecular formula is C25H22O8. The number of methoxy groups -OCH3 is 3. The van der Waals surface area contributed by atoms with Crippen LogP contribution in [0.5, 0.6) is 28.7 Å². The normalized spacial score (nSPS) is 10.8. The molecule has 0 saturated carbocycles. The Morgan fingerprint density at radius 2 is 1.64 bits per heavy atom. The van der Waals surface area contributed by atoms with E-state index in [1.807, 2.05) is 6.92 Å². The molecule has 0 fully saturated rings. The minimum atomic E-state index is -0.595. The van der Waals surface area contributed by atoms with Crippen LogP contribution >= 0.6 is 0 Å². The molecule has 0 aliphatic carbocycles. The standard InChI is InChI=1S/C25H22O8/c1-5-31-18-9-7-6-8-16(18)24(26)32-14-10-11-15-19(12-14)33-25(27)17-13-20(28-2)22(29-3)23(30-4)21(15)17/h6-13H,5H2,1-4H3. The maximum absolute atomic E-state index is 12.8. The Balaban J connectivity index is 1.83. The van der Waals surface area contributed by atoms with Gasteiger partial charge in [0.25, 0.3) is 0 Å². The zero-order valence-electron chi connectivity index (χ0n) is 18.6. The summed E-state index contributed by atoms with van der Waals surface area (Å²) in [6, 6.07) is 13.1. The summed E-state index contributed by atoms with van der Waals surface area (Å²) in [5, 5.41) is 1.35. The number of carbonyl (C=O) groups is 1. The van der Waals surface area contributed by atoms with Gasteiger partial charge in [0.1, 0.15) is 22.6 Å². The molecule has 1 heterocycles. The second-order valence-electron chi connectivity index (χ2n) is 6.93. The fourth-order valence-electron chi connectivity index (χ4n) is 3.68. The van der Waals surface area contributed by atoms with Crippen molar-refractivity contribution >= 4 is 27.7 Å². The van der Waals surface area contributed by atoms with Gasteiger partial charge in [-0.3, -0.25) is 0 Å². The molecule has 4 aromatic rings. The number of carbonyl (C=O) groups excluding carboxylic acids is 1. The Morgan fingerprint density at radius 1 is 0.879 bits per heavy atom. The lowest BCUT2D eigenvalue weighted by Gasteiger charge is -2.15. The first kappa shape index (κ1) is 22.0. The van der Waals surface area contributed by atoms with Crippen molar-refractivity contribution in [1.82, 2.24) is 0 Å². The van der Waals surface area contributed by atoms with E-state index in [9.17, 15) is 9.59 Å². The van der Waals surface area contributed by atoms with E-state index >= 15 is 0 Å². The van der Waals surface area contributed by atoms with Gasteiger partial charge in [-0.2, -0.15) is 0 Å². The fraction of sp³-hybridized carbons (Fsp3) is 0.200. The lowest BCUT2D eigenvalue weighted by Crippen LogP contribution is -2.11. The van der Waals surface area contributed by atoms with Crippen LogP contribution in [0, 0.1) is 0 Å². The van der Waals surface area contributed by atoms with Crippen LogP contribution < -0.4 is 29.3 Å². The Labute approximate surface area is 189 Å². The van der Waals surface area contributed by atoms with E-state index in [1.165, 1.54) is 27.4 Å². The van der Waals surface area contributed by atoms with Gasteiger partial charge in [0, 0.05) is 16.8 Å². The highest BCUT2D eigenvalue weighted by atomic mass is 16.5. The average molecular weight is 450 g/mol. The van der Waals surface area contributed by atoms with E-state index in [-0.39, 0.29) is 22.3 Å². The zero-order valence-corrected chi connectivity index (χ0v) is 18.6. The molecule has 0 radical (unpaired) electrons. The third-order valence-electron chi connectivity index (χ3n) is 5.09. The number of para-hydroxylation sites is 1. The molecule has 0 saturated heterocycles. The molecule has 3 aromatic carbocycles. The van der Waals surface area contributed by atoms with E-state index < -0.39 is 11.6 Å². The van der Waals surface area contributed by atoms with Gasteiger partial charge in [-0.15, -0.1) is 0 Å². The largest absolute Gasteiger partial charge is 0.493 e. The van der Waals surface area contributed by atoms with Gasteiger partial charge in [0.2, 0.25) is 5.75 Å². The molecule has 0 aliphatic rings. The third-order valence-corrected chi connectivity index (χ3v) is 5.09. The summed E-state index contributed by atoms with van der Waals surface area (Å²) in [7, 11) is 4.43. The molecular weight excluding hydrogens is 428 g/mol. The molecule has 8 nitrogen and oxygen atoms in total. The van der Waals surface area contributed by atoms with E-state index in [0.29, 0.717) is 40.4 Å². The first-order valence-electron chi connectivity index (χ1n) is 10.2. The summed E-state index contributed by atoms with van der Waals surface area (Å²) in [5.74, 6) is 1.06. The lowest BCUT2D eigenvalue weighted by molar-refractivity contribution is 0.0730. The Morgan fingerprint density at radius 3 is 2.33 bits per heavy atom. The van der Waals surface area contributed by atoms with E-state index in [0.717, 1.165) is 0 Å². The summed E-state index contributed by atoms with van der Waals surface area (Å²) in [6.45, 7) is 2.24. The number of hydrogen-bond acceptors (Lipinski definition) is 8. The molecule has 8 heteroatoms. The Hall–Kier alpha value is -4.20. The highest BCUT2D eigenvalue weighted by Gasteiger charge is 2.22. The molecule has 4 rings (SSSR count). The monoisotopic (exact) mass is 450 g/mol. The van der Waals surface area contributed by atoms with Crippen LogP contribution in [0.1, 0.15) is 17.3 Å². The predicted octanol–water partition coefficient (Wildman–Crippen LogP) is 4.59. The maximum Gasteiger partial charge on any atom is 0.347 e. The number of rotatable bonds is 7. The highest BCUT2D eigenvalue weighted by Crippen LogP contribution is 2.45. The van der Waals surface area contributed by atoms with Crippen molar-refractivity contribution in [2.24, 2.45) is 0 Å². The van der Waals surface area contributed by atoms with Crippen molar-refractivity contribution in [3.8, 4) is 28.7 Å². The van der Waals surface area contributed by atoms with Gasteiger partial charge >= 0.3 is 11.6 Å². The topological polar surface area (TPSA) is 93.4 Å². The van der Waals surface area contributed by atoms with Gasteiger partial charge in [0.05, 0.1) is 33.3 Å². The second kappa shape index (κ2) is 9.12. The number of ether oxygens (including phenoxy) is 5. The third kappa shape index (κ3) is 3.91. The molecule has 0 atom stereocenters. The van der Waals surface area contributed by atoms with Crippen LogP contribution in [0.4, 0.5) is 0 Å². The van der Waals surface area contributed by atoms with Crippen LogP contribution in [0.15, 0.2) is 57.7 Å². The summed E-state index contributed by atoms with van der Waals surface area (Å²) in [4.78, 5) is 25.5. The number of fused-ring (bicyclic) bond motifs is 3. The lowest BCUT2D eigenvalue weighted by atomic mass is 10.0. The van der Waals surface area contributed by atoms with Gasteiger partial charge < -0.3 is 28.1 Å². The van der Waals surface area contributed by atoms with Crippen LogP contribution in [0.25, 0.3) is 21.7 Å². The first-order chi connectivity index (χ1) is 16.0. The smallest absolute Gasteiger partial charge is 0.347 e. The quantitative estimate of drug-likeness (QED) is 0.175. The fourth-order valence-corrected chi connectivity index (χ4v) is 3.68. The van der Waals surface area contributed by atoms with Crippen LogP contribution in [0.2, 0.25) is 0 Å². The van der Waals surface area contributed by atoms with Gasteiger partial charge in [-0.25, -0.2) is 9.59 Å². The molecule has 0 aliphatic heterocycles. The minimum absolute atomic E-state index is 0.209. The summed E-state index contributed by atoms with van der Waals surface area (Å²) < 4.78 is 32.9. The summed E-state index contributed by atoms with van der Waals surface area (Å²) in [5.41, 5.74) is -0.0822. The van der Waals surface area contributed by atoms with Crippen LogP contribution in [-0.2, 0) is 0 Å². The molecule has 1 aromatic heterocycles. The van der Waals surface area contributed by atoms with E-state index in [1.54, 1.807) is 42.5 Å². The van der Waals surface area contributed by atoms with Crippen LogP contribution in [0.3, 0.4) is 0 Å². The minimum Gasteiger partial charge on any atom is -0.493 e. The predicted molar refractivity (Wildman–Crippen MR) is 122 cm³/mol. The number of benzene rings is 3. The van der Waals surface area contributed by atoms with Crippen molar-refractivity contribution in [1.29, 1.82) is 0 Å². The highest BCUT2D eigenvalue weighted by molar-refractivity contribution is 6.10. The van der Waals surface area contributed by atoms with Crippen molar-refractivity contribution < 1.29 is 32.9 Å². The summed E-state index contributed by atoms with van der Waals surface area (Å²) >= 11 is 0. The van der Waals surface area contributed by atoms with Crippen molar-refractivity contribution in [3.05, 3.63) is 64.5 Å².